The number of rotatable bonds is 5. The van der Waals surface area contributed by atoms with Crippen molar-refractivity contribution in [1.29, 1.82) is 0 Å². The number of likely N-dealkylation sites (N-methyl/N-ethyl adjacent to an activating group) is 1. The molecule has 1 amide bonds. The van der Waals surface area contributed by atoms with Crippen LogP contribution in [-0.4, -0.2) is 76.9 Å². The molecule has 7 nitrogen and oxygen atoms in total. The number of aryl methyl sites for hydroxylation is 2. The lowest BCUT2D eigenvalue weighted by molar-refractivity contribution is -0.129. The van der Waals surface area contributed by atoms with Gasteiger partial charge in [-0.1, -0.05) is 17.8 Å². The summed E-state index contributed by atoms with van der Waals surface area (Å²) in [4.78, 5) is 19.3. The lowest BCUT2D eigenvalue weighted by atomic mass is 9.81. The summed E-state index contributed by atoms with van der Waals surface area (Å²) in [6, 6.07) is 5.68. The van der Waals surface area contributed by atoms with Crippen LogP contribution >= 0.6 is 11.8 Å². The van der Waals surface area contributed by atoms with E-state index in [1.807, 2.05) is 45.0 Å². The molecule has 3 rings (SSSR count). The predicted octanol–water partition coefficient (Wildman–Crippen LogP) is 0.975. The van der Waals surface area contributed by atoms with Crippen LogP contribution in [0.1, 0.15) is 17.5 Å². The lowest BCUT2D eigenvalue weighted by Crippen LogP contribution is -2.54. The second-order valence-corrected chi connectivity index (χ2v) is 9.17. The van der Waals surface area contributed by atoms with Crippen molar-refractivity contribution in [2.75, 3.05) is 32.5 Å². The molecular weight excluding hydrogens is 376 g/mol. The molecule has 0 spiro atoms. The van der Waals surface area contributed by atoms with E-state index >= 15 is 0 Å². The van der Waals surface area contributed by atoms with Gasteiger partial charge >= 0.3 is 0 Å². The van der Waals surface area contributed by atoms with E-state index in [0.29, 0.717) is 11.7 Å². The van der Waals surface area contributed by atoms with Crippen LogP contribution in [-0.2, 0) is 4.79 Å². The largest absolute Gasteiger partial charge is 0.390 e. The van der Waals surface area contributed by atoms with Crippen molar-refractivity contribution in [2.24, 2.45) is 10.9 Å². The topological polar surface area (TPSA) is 97.2 Å². The van der Waals surface area contributed by atoms with Gasteiger partial charge in [-0.3, -0.25) is 9.79 Å². The number of thioether (sulfide) groups is 1. The van der Waals surface area contributed by atoms with E-state index in [-0.39, 0.29) is 17.6 Å². The zero-order valence-corrected chi connectivity index (χ0v) is 17.7. The number of hydrogen-bond donors (Lipinski definition) is 4. The molecule has 0 unspecified atom stereocenters. The Morgan fingerprint density at radius 3 is 2.57 bits per heavy atom. The molecule has 8 heteroatoms. The third-order valence-electron chi connectivity index (χ3n) is 5.15. The van der Waals surface area contributed by atoms with Gasteiger partial charge in [-0.25, -0.2) is 0 Å². The summed E-state index contributed by atoms with van der Waals surface area (Å²) in [6.45, 7) is 5.38. The average molecular weight is 407 g/mol. The van der Waals surface area contributed by atoms with Gasteiger partial charge in [0, 0.05) is 24.0 Å². The lowest BCUT2D eigenvalue weighted by Gasteiger charge is -2.37. The molecule has 0 bridgehead atoms. The molecule has 0 radical (unpaired) electrons. The number of aliphatic hydroxyl groups excluding tert-OH is 2. The molecule has 1 aliphatic heterocycles. The molecule has 28 heavy (non-hydrogen) atoms. The molecule has 0 saturated heterocycles. The number of nitrogens with zero attached hydrogens (tertiary/aromatic N) is 2. The summed E-state index contributed by atoms with van der Waals surface area (Å²) >= 11 is 1.48. The van der Waals surface area contributed by atoms with Gasteiger partial charge in [0.25, 0.3) is 0 Å². The Kier molecular flexibility index (Phi) is 6.65. The Balaban J connectivity index is 1.71. The van der Waals surface area contributed by atoms with Gasteiger partial charge in [-0.05, 0) is 57.6 Å². The van der Waals surface area contributed by atoms with Crippen LogP contribution in [0.5, 0.6) is 0 Å². The summed E-state index contributed by atoms with van der Waals surface area (Å²) in [7, 11) is 3.91. The Morgan fingerprint density at radius 2 is 1.93 bits per heavy atom. The quantitative estimate of drug-likeness (QED) is 0.582. The van der Waals surface area contributed by atoms with Gasteiger partial charge in [-0.15, -0.1) is 0 Å². The SMILES string of the molecule is Cc1cc(C)cc(NC2=N[C@@H]3[C@@H](O)[C@H](O)C[C@H](C(=O)NCCN(C)C)[C@H]3S2)c1. The number of carbonyl (C=O) groups is 1. The fourth-order valence-electron chi connectivity index (χ4n) is 3.81. The highest BCUT2D eigenvalue weighted by molar-refractivity contribution is 8.15. The number of benzene rings is 1. The van der Waals surface area contributed by atoms with Crippen molar-refractivity contribution >= 4 is 28.5 Å². The number of amides is 1. The third-order valence-corrected chi connectivity index (χ3v) is 6.47. The first kappa shape index (κ1) is 21.1. The summed E-state index contributed by atoms with van der Waals surface area (Å²) in [5, 5.41) is 27.5. The van der Waals surface area contributed by atoms with Gasteiger partial charge in [0.15, 0.2) is 5.17 Å². The second-order valence-electron chi connectivity index (χ2n) is 8.00. The van der Waals surface area contributed by atoms with Crippen LogP contribution in [0.15, 0.2) is 23.2 Å². The van der Waals surface area contributed by atoms with E-state index in [9.17, 15) is 15.0 Å². The first-order chi connectivity index (χ1) is 13.2. The van der Waals surface area contributed by atoms with E-state index in [0.717, 1.165) is 23.4 Å². The van der Waals surface area contributed by atoms with Crippen LogP contribution in [0.4, 0.5) is 5.69 Å². The summed E-state index contributed by atoms with van der Waals surface area (Å²) in [5.41, 5.74) is 3.23. The molecule has 1 aliphatic carbocycles. The summed E-state index contributed by atoms with van der Waals surface area (Å²) in [5.74, 6) is -0.476. The number of nitrogens with one attached hydrogen (secondary N) is 2. The van der Waals surface area contributed by atoms with Crippen LogP contribution in [0, 0.1) is 19.8 Å². The van der Waals surface area contributed by atoms with Gasteiger partial charge in [-0.2, -0.15) is 0 Å². The van der Waals surface area contributed by atoms with Gasteiger partial charge < -0.3 is 25.7 Å². The van der Waals surface area contributed by atoms with Gasteiger partial charge in [0.1, 0.15) is 6.10 Å². The molecular formula is C20H30N4O3S. The fraction of sp³-hybridized carbons (Fsp3) is 0.600. The number of anilines is 1. The van der Waals surface area contributed by atoms with E-state index in [4.69, 9.17) is 0 Å². The minimum absolute atomic E-state index is 0.0850. The van der Waals surface area contributed by atoms with Crippen molar-refractivity contribution in [3.05, 3.63) is 29.3 Å². The highest BCUT2D eigenvalue weighted by Crippen LogP contribution is 2.41. The standard InChI is InChI=1S/C20H30N4O3S/c1-11-7-12(2)9-13(8-11)22-20-23-16-17(26)15(25)10-14(18(16)28-20)19(27)21-5-6-24(3)4/h7-9,14-18,25-26H,5-6,10H2,1-4H3,(H,21,27)(H,22,23)/t14-,15+,16+,17-,18+/m0/s1. The number of carbonyl (C=O) groups excluding carboxylic acids is 1. The van der Waals surface area contributed by atoms with Crippen molar-refractivity contribution < 1.29 is 15.0 Å². The summed E-state index contributed by atoms with van der Waals surface area (Å²) < 4.78 is 0. The Bertz CT molecular complexity index is 735. The minimum Gasteiger partial charge on any atom is -0.390 e. The highest BCUT2D eigenvalue weighted by Gasteiger charge is 2.50. The maximum atomic E-state index is 12.7. The molecule has 154 valence electrons. The van der Waals surface area contributed by atoms with Crippen molar-refractivity contribution in [1.82, 2.24) is 10.2 Å². The molecule has 4 N–H and O–H groups in total. The van der Waals surface area contributed by atoms with E-state index < -0.39 is 24.2 Å². The number of hydrogen-bond acceptors (Lipinski definition) is 7. The molecule has 2 aliphatic rings. The zero-order valence-electron chi connectivity index (χ0n) is 16.8. The van der Waals surface area contributed by atoms with Gasteiger partial charge in [0.2, 0.25) is 5.91 Å². The Morgan fingerprint density at radius 1 is 1.25 bits per heavy atom. The van der Waals surface area contributed by atoms with Crippen molar-refractivity contribution in [2.45, 2.75) is 43.8 Å². The molecule has 1 fully saturated rings. The van der Waals surface area contributed by atoms with Crippen molar-refractivity contribution in [3.63, 3.8) is 0 Å². The Hall–Kier alpha value is -1.61. The van der Waals surface area contributed by atoms with Crippen LogP contribution in [0.25, 0.3) is 0 Å². The normalized spacial score (nSPS) is 29.4. The smallest absolute Gasteiger partial charge is 0.224 e. The number of aliphatic hydroxyl groups is 2. The fourth-order valence-corrected chi connectivity index (χ4v) is 5.19. The van der Waals surface area contributed by atoms with Crippen LogP contribution in [0.3, 0.4) is 0 Å². The molecule has 1 aromatic carbocycles. The number of amidine groups is 1. The molecule has 0 aromatic heterocycles. The van der Waals surface area contributed by atoms with E-state index in [2.05, 4.69) is 21.7 Å². The maximum absolute atomic E-state index is 12.7. The molecule has 1 heterocycles. The predicted molar refractivity (Wildman–Crippen MR) is 114 cm³/mol. The minimum atomic E-state index is -0.957. The monoisotopic (exact) mass is 406 g/mol. The number of aliphatic imine (C=N–C) groups is 1. The maximum Gasteiger partial charge on any atom is 0.224 e. The van der Waals surface area contributed by atoms with Crippen LogP contribution < -0.4 is 10.6 Å². The molecule has 5 atom stereocenters. The zero-order chi connectivity index (χ0) is 20.4. The second kappa shape index (κ2) is 8.82. The van der Waals surface area contributed by atoms with E-state index in [1.54, 1.807) is 0 Å². The average Bonchev–Trinajstić information content (AvgIpc) is 3.00. The highest BCUT2D eigenvalue weighted by atomic mass is 32.2. The Labute approximate surface area is 170 Å². The van der Waals surface area contributed by atoms with Gasteiger partial charge in [0.05, 0.1) is 18.1 Å². The van der Waals surface area contributed by atoms with Crippen molar-refractivity contribution in [3.8, 4) is 0 Å². The van der Waals surface area contributed by atoms with E-state index in [1.165, 1.54) is 11.8 Å². The third kappa shape index (κ3) is 4.86. The van der Waals surface area contributed by atoms with Crippen LogP contribution in [0.2, 0.25) is 0 Å². The first-order valence-electron chi connectivity index (χ1n) is 9.63. The number of fused-ring (bicyclic) bond motifs is 1. The summed E-state index contributed by atoms with van der Waals surface area (Å²) in [6.07, 6.45) is -1.66. The molecule has 1 saturated carbocycles. The first-order valence-corrected chi connectivity index (χ1v) is 10.5. The molecule has 1 aromatic rings.